The Morgan fingerprint density at radius 3 is 2.86 bits per heavy atom. The van der Waals surface area contributed by atoms with Gasteiger partial charge in [0.05, 0.1) is 5.69 Å². The van der Waals surface area contributed by atoms with Gasteiger partial charge in [-0.1, -0.05) is 19.0 Å². The van der Waals surface area contributed by atoms with E-state index in [1.807, 2.05) is 6.92 Å². The van der Waals surface area contributed by atoms with Crippen molar-refractivity contribution in [1.29, 1.82) is 0 Å². The molecule has 0 aliphatic carbocycles. The van der Waals surface area contributed by atoms with Crippen molar-refractivity contribution in [3.05, 3.63) is 17.5 Å². The molecule has 1 unspecified atom stereocenters. The van der Waals surface area contributed by atoms with E-state index in [2.05, 4.69) is 30.4 Å². The zero-order chi connectivity index (χ0) is 10.2. The van der Waals surface area contributed by atoms with Crippen LogP contribution in [-0.2, 0) is 5.41 Å². The third-order valence-corrected chi connectivity index (χ3v) is 3.37. The largest absolute Gasteiger partial charge is 0.361 e. The molecular weight excluding hydrogens is 176 g/mol. The van der Waals surface area contributed by atoms with Crippen LogP contribution in [0, 0.1) is 12.8 Å². The lowest BCUT2D eigenvalue weighted by atomic mass is 9.75. The summed E-state index contributed by atoms with van der Waals surface area (Å²) in [5, 5.41) is 7.53. The first-order valence-corrected chi connectivity index (χ1v) is 5.25. The molecule has 3 nitrogen and oxygen atoms in total. The first-order chi connectivity index (χ1) is 6.60. The van der Waals surface area contributed by atoms with Crippen LogP contribution >= 0.6 is 0 Å². The Morgan fingerprint density at radius 2 is 2.36 bits per heavy atom. The van der Waals surface area contributed by atoms with Crippen LogP contribution in [-0.4, -0.2) is 18.2 Å². The molecule has 1 N–H and O–H groups in total. The zero-order valence-corrected chi connectivity index (χ0v) is 9.13. The van der Waals surface area contributed by atoms with Crippen LogP contribution in [0.3, 0.4) is 0 Å². The second kappa shape index (κ2) is 3.39. The van der Waals surface area contributed by atoms with E-state index in [1.165, 1.54) is 6.42 Å². The van der Waals surface area contributed by atoms with E-state index < -0.39 is 0 Å². The van der Waals surface area contributed by atoms with Crippen molar-refractivity contribution < 1.29 is 4.52 Å². The second-order valence-electron chi connectivity index (χ2n) is 4.73. The van der Waals surface area contributed by atoms with Crippen molar-refractivity contribution >= 4 is 0 Å². The second-order valence-corrected chi connectivity index (χ2v) is 4.73. The average molecular weight is 194 g/mol. The van der Waals surface area contributed by atoms with Crippen molar-refractivity contribution in [3.8, 4) is 0 Å². The smallest absolute Gasteiger partial charge is 0.133 e. The summed E-state index contributed by atoms with van der Waals surface area (Å²) in [5.41, 5.74) is 1.21. The Balaban J connectivity index is 2.22. The summed E-state index contributed by atoms with van der Waals surface area (Å²) < 4.78 is 5.14. The molecule has 1 aromatic rings. The molecule has 14 heavy (non-hydrogen) atoms. The maximum atomic E-state index is 5.14. The maximum absolute atomic E-state index is 5.14. The van der Waals surface area contributed by atoms with Crippen molar-refractivity contribution in [2.45, 2.75) is 32.6 Å². The highest BCUT2D eigenvalue weighted by atomic mass is 16.5. The van der Waals surface area contributed by atoms with Gasteiger partial charge in [-0.3, -0.25) is 0 Å². The molecule has 3 heteroatoms. The summed E-state index contributed by atoms with van der Waals surface area (Å²) in [6.45, 7) is 8.67. The molecule has 1 aliphatic heterocycles. The number of nitrogens with one attached hydrogen (secondary N) is 1. The van der Waals surface area contributed by atoms with Crippen LogP contribution in [0.2, 0.25) is 0 Å². The van der Waals surface area contributed by atoms with Gasteiger partial charge in [0.2, 0.25) is 0 Å². The molecule has 0 aromatic carbocycles. The predicted octanol–water partition coefficient (Wildman–Crippen LogP) is 1.87. The summed E-state index contributed by atoms with van der Waals surface area (Å²) in [6, 6.07) is 2.05. The molecular formula is C11H18N2O. The van der Waals surface area contributed by atoms with Gasteiger partial charge in [0.25, 0.3) is 0 Å². The maximum Gasteiger partial charge on any atom is 0.133 e. The Labute approximate surface area is 84.9 Å². The van der Waals surface area contributed by atoms with Gasteiger partial charge < -0.3 is 9.84 Å². The number of aryl methyl sites for hydroxylation is 1. The summed E-state index contributed by atoms with van der Waals surface area (Å²) >= 11 is 0. The van der Waals surface area contributed by atoms with Crippen molar-refractivity contribution in [1.82, 2.24) is 10.5 Å². The fraction of sp³-hybridized carbons (Fsp3) is 0.727. The highest BCUT2D eigenvalue weighted by Crippen LogP contribution is 2.34. The molecule has 2 heterocycles. The van der Waals surface area contributed by atoms with Gasteiger partial charge in [0, 0.05) is 11.5 Å². The van der Waals surface area contributed by atoms with Crippen LogP contribution in [0.25, 0.3) is 0 Å². The van der Waals surface area contributed by atoms with Gasteiger partial charge in [-0.05, 0) is 32.4 Å². The van der Waals surface area contributed by atoms with E-state index >= 15 is 0 Å². The van der Waals surface area contributed by atoms with Gasteiger partial charge in [0.1, 0.15) is 5.76 Å². The van der Waals surface area contributed by atoms with E-state index in [0.29, 0.717) is 5.92 Å². The lowest BCUT2D eigenvalue weighted by Crippen LogP contribution is -2.30. The van der Waals surface area contributed by atoms with Gasteiger partial charge in [-0.2, -0.15) is 0 Å². The summed E-state index contributed by atoms with van der Waals surface area (Å²) in [4.78, 5) is 0. The minimum absolute atomic E-state index is 0.126. The van der Waals surface area contributed by atoms with Crippen LogP contribution in [0.1, 0.15) is 31.7 Å². The molecule has 1 saturated heterocycles. The van der Waals surface area contributed by atoms with Crippen molar-refractivity contribution in [3.63, 3.8) is 0 Å². The molecule has 0 radical (unpaired) electrons. The van der Waals surface area contributed by atoms with Gasteiger partial charge >= 0.3 is 0 Å². The Hall–Kier alpha value is -0.830. The van der Waals surface area contributed by atoms with E-state index in [9.17, 15) is 0 Å². The standard InChI is InChI=1S/C11H18N2O/c1-8-6-10(13-14-8)11(2,3)9-4-5-12-7-9/h6,9,12H,4-5,7H2,1-3H3. The van der Waals surface area contributed by atoms with Gasteiger partial charge in [-0.25, -0.2) is 0 Å². The molecule has 1 fully saturated rings. The Bertz CT molecular complexity index is 311. The molecule has 1 aromatic heterocycles. The van der Waals surface area contributed by atoms with Crippen LogP contribution in [0.15, 0.2) is 10.6 Å². The highest BCUT2D eigenvalue weighted by Gasteiger charge is 2.35. The lowest BCUT2D eigenvalue weighted by molar-refractivity contribution is 0.307. The fourth-order valence-electron chi connectivity index (χ4n) is 2.15. The molecule has 78 valence electrons. The molecule has 1 aliphatic rings. The van der Waals surface area contributed by atoms with E-state index in [1.54, 1.807) is 0 Å². The van der Waals surface area contributed by atoms with Crippen LogP contribution in [0.4, 0.5) is 0 Å². The average Bonchev–Trinajstić information content (AvgIpc) is 2.72. The zero-order valence-electron chi connectivity index (χ0n) is 9.13. The third-order valence-electron chi connectivity index (χ3n) is 3.37. The van der Waals surface area contributed by atoms with Crippen LogP contribution < -0.4 is 5.32 Å². The minimum atomic E-state index is 0.126. The lowest BCUT2D eigenvalue weighted by Gasteiger charge is -2.28. The topological polar surface area (TPSA) is 38.1 Å². The number of rotatable bonds is 2. The number of aromatic nitrogens is 1. The summed E-state index contributed by atoms with van der Waals surface area (Å²) in [7, 11) is 0. The number of nitrogens with zero attached hydrogens (tertiary/aromatic N) is 1. The van der Waals surface area contributed by atoms with E-state index in [0.717, 1.165) is 24.5 Å². The third kappa shape index (κ3) is 1.57. The van der Waals surface area contributed by atoms with Crippen molar-refractivity contribution in [2.24, 2.45) is 5.92 Å². The van der Waals surface area contributed by atoms with Gasteiger partial charge in [-0.15, -0.1) is 0 Å². The molecule has 1 atom stereocenters. The SMILES string of the molecule is Cc1cc(C(C)(C)C2CCNC2)no1. The first-order valence-electron chi connectivity index (χ1n) is 5.25. The molecule has 0 bridgehead atoms. The predicted molar refractivity (Wildman–Crippen MR) is 55.2 cm³/mol. The quantitative estimate of drug-likeness (QED) is 0.781. The monoisotopic (exact) mass is 194 g/mol. The normalized spacial score (nSPS) is 22.9. The highest BCUT2D eigenvalue weighted by molar-refractivity contribution is 5.17. The van der Waals surface area contributed by atoms with E-state index in [-0.39, 0.29) is 5.41 Å². The van der Waals surface area contributed by atoms with E-state index in [4.69, 9.17) is 4.52 Å². The number of hydrogen-bond acceptors (Lipinski definition) is 3. The number of hydrogen-bond donors (Lipinski definition) is 1. The molecule has 2 rings (SSSR count). The van der Waals surface area contributed by atoms with Gasteiger partial charge in [0.15, 0.2) is 0 Å². The van der Waals surface area contributed by atoms with Crippen molar-refractivity contribution in [2.75, 3.05) is 13.1 Å². The Morgan fingerprint density at radius 1 is 1.57 bits per heavy atom. The molecule has 0 spiro atoms. The fourth-order valence-corrected chi connectivity index (χ4v) is 2.15. The summed E-state index contributed by atoms with van der Waals surface area (Å²) in [6.07, 6.45) is 1.24. The minimum Gasteiger partial charge on any atom is -0.361 e. The molecule has 0 amide bonds. The Kier molecular flexibility index (Phi) is 2.35. The molecule has 0 saturated carbocycles. The first kappa shape index (κ1) is 9.71. The van der Waals surface area contributed by atoms with Crippen LogP contribution in [0.5, 0.6) is 0 Å². The summed E-state index contributed by atoms with van der Waals surface area (Å²) in [5.74, 6) is 1.58.